The summed E-state index contributed by atoms with van der Waals surface area (Å²) in [5.74, 6) is -0.118. The fraction of sp³-hybridized carbons (Fsp3) is 0.800. The molecule has 4 nitrogen and oxygen atoms in total. The van der Waals surface area contributed by atoms with E-state index in [4.69, 9.17) is 10.5 Å². The second kappa shape index (κ2) is 4.49. The van der Waals surface area contributed by atoms with E-state index in [9.17, 15) is 4.79 Å². The molecule has 0 unspecified atom stereocenters. The number of rotatable bonds is 0. The minimum Gasteiger partial charge on any atom is -0.377 e. The number of amides is 1. The highest BCUT2D eigenvalue weighted by Crippen LogP contribution is 1.86. The van der Waals surface area contributed by atoms with Gasteiger partial charge in [0.2, 0.25) is 5.91 Å². The molecule has 1 atom stereocenters. The van der Waals surface area contributed by atoms with Crippen LogP contribution in [0.2, 0.25) is 0 Å². The van der Waals surface area contributed by atoms with Crippen LogP contribution in [0.5, 0.6) is 0 Å². The monoisotopic (exact) mass is 166 g/mol. The highest BCUT2D eigenvalue weighted by atomic mass is 35.5. The van der Waals surface area contributed by atoms with Gasteiger partial charge in [-0.1, -0.05) is 0 Å². The van der Waals surface area contributed by atoms with Gasteiger partial charge in [0.05, 0.1) is 13.2 Å². The van der Waals surface area contributed by atoms with Gasteiger partial charge >= 0.3 is 0 Å². The lowest BCUT2D eigenvalue weighted by molar-refractivity contribution is -0.122. The van der Waals surface area contributed by atoms with Crippen LogP contribution in [-0.4, -0.2) is 31.7 Å². The van der Waals surface area contributed by atoms with Crippen molar-refractivity contribution in [2.75, 3.05) is 19.8 Å². The third-order valence-electron chi connectivity index (χ3n) is 1.18. The Morgan fingerprint density at radius 2 is 2.40 bits per heavy atom. The third kappa shape index (κ3) is 2.51. The zero-order valence-electron chi connectivity index (χ0n) is 5.50. The van der Waals surface area contributed by atoms with Gasteiger partial charge < -0.3 is 15.8 Å². The smallest absolute Gasteiger partial charge is 0.239 e. The van der Waals surface area contributed by atoms with Gasteiger partial charge in [0.25, 0.3) is 0 Å². The Hall–Kier alpha value is -0.320. The number of carbonyl (C=O) groups is 1. The van der Waals surface area contributed by atoms with Gasteiger partial charge in [-0.05, 0) is 0 Å². The number of ether oxygens (including phenoxy) is 1. The molecule has 10 heavy (non-hydrogen) atoms. The van der Waals surface area contributed by atoms with E-state index >= 15 is 0 Å². The fourth-order valence-electron chi connectivity index (χ4n) is 0.663. The summed E-state index contributed by atoms with van der Waals surface area (Å²) >= 11 is 0. The minimum absolute atomic E-state index is 0. The van der Waals surface area contributed by atoms with Crippen LogP contribution in [0.1, 0.15) is 0 Å². The molecule has 5 heteroatoms. The van der Waals surface area contributed by atoms with Crippen molar-refractivity contribution in [3.63, 3.8) is 0 Å². The average molecular weight is 167 g/mol. The Labute approximate surface area is 65.5 Å². The van der Waals surface area contributed by atoms with Crippen LogP contribution in [0.4, 0.5) is 0 Å². The third-order valence-corrected chi connectivity index (χ3v) is 1.18. The van der Waals surface area contributed by atoms with Gasteiger partial charge in [0.15, 0.2) is 0 Å². The second-order valence-electron chi connectivity index (χ2n) is 1.97. The van der Waals surface area contributed by atoms with Gasteiger partial charge in [-0.3, -0.25) is 4.79 Å². The number of nitrogens with one attached hydrogen (secondary N) is 1. The number of hydrogen-bond acceptors (Lipinski definition) is 3. The van der Waals surface area contributed by atoms with E-state index in [2.05, 4.69) is 5.32 Å². The van der Waals surface area contributed by atoms with Crippen molar-refractivity contribution in [3.8, 4) is 0 Å². The summed E-state index contributed by atoms with van der Waals surface area (Å²) < 4.78 is 4.97. The quantitative estimate of drug-likeness (QED) is 0.479. The lowest BCUT2D eigenvalue weighted by atomic mass is 10.3. The van der Waals surface area contributed by atoms with Gasteiger partial charge in [-0.15, -0.1) is 12.4 Å². The molecule has 0 aromatic heterocycles. The van der Waals surface area contributed by atoms with Crippen molar-refractivity contribution in [1.82, 2.24) is 5.32 Å². The maximum absolute atomic E-state index is 10.7. The Morgan fingerprint density at radius 3 is 3.10 bits per heavy atom. The predicted octanol–water partition coefficient (Wildman–Crippen LogP) is -1.12. The first-order valence-electron chi connectivity index (χ1n) is 2.92. The van der Waals surface area contributed by atoms with Gasteiger partial charge in [-0.25, -0.2) is 0 Å². The lowest BCUT2D eigenvalue weighted by Crippen LogP contribution is -2.41. The Morgan fingerprint density at radius 1 is 1.70 bits per heavy atom. The standard InChI is InChI=1S/C5H10N2O2.ClH/c6-4-3-9-2-1-7-5(4)8;/h4H,1-3,6H2,(H,7,8);1H/t4-;/m1./s1. The Bertz CT molecular complexity index is 120. The highest BCUT2D eigenvalue weighted by molar-refractivity contribution is 5.85. The average Bonchev–Trinajstić information content (AvgIpc) is 1.99. The van der Waals surface area contributed by atoms with E-state index in [0.29, 0.717) is 19.8 Å². The van der Waals surface area contributed by atoms with E-state index in [-0.39, 0.29) is 18.3 Å². The molecule has 0 aromatic carbocycles. The second-order valence-corrected chi connectivity index (χ2v) is 1.97. The van der Waals surface area contributed by atoms with Crippen LogP contribution in [0.15, 0.2) is 0 Å². The zero-order chi connectivity index (χ0) is 6.69. The molecule has 0 aromatic rings. The van der Waals surface area contributed by atoms with E-state index in [1.165, 1.54) is 0 Å². The largest absolute Gasteiger partial charge is 0.377 e. The molecule has 60 valence electrons. The highest BCUT2D eigenvalue weighted by Gasteiger charge is 2.15. The number of carbonyl (C=O) groups excluding carboxylic acids is 1. The van der Waals surface area contributed by atoms with Crippen molar-refractivity contribution in [2.24, 2.45) is 5.73 Å². The van der Waals surface area contributed by atoms with Crippen molar-refractivity contribution < 1.29 is 9.53 Å². The molecular weight excluding hydrogens is 156 g/mol. The van der Waals surface area contributed by atoms with Crippen LogP contribution in [0, 0.1) is 0 Å². The zero-order valence-corrected chi connectivity index (χ0v) is 6.32. The molecule has 1 amide bonds. The molecule has 0 bridgehead atoms. The van der Waals surface area contributed by atoms with Gasteiger partial charge in [0.1, 0.15) is 6.04 Å². The van der Waals surface area contributed by atoms with Crippen LogP contribution >= 0.6 is 12.4 Å². The molecule has 1 aliphatic heterocycles. The summed E-state index contributed by atoms with van der Waals surface area (Å²) in [6, 6.07) is -0.479. The van der Waals surface area contributed by atoms with Crippen molar-refractivity contribution in [1.29, 1.82) is 0 Å². The van der Waals surface area contributed by atoms with Gasteiger partial charge in [-0.2, -0.15) is 0 Å². The summed E-state index contributed by atoms with van der Waals surface area (Å²) in [6.07, 6.45) is 0. The molecule has 1 fully saturated rings. The Kier molecular flexibility index (Phi) is 4.34. The molecule has 1 heterocycles. The number of halogens is 1. The molecule has 1 rings (SSSR count). The van der Waals surface area contributed by atoms with Crippen LogP contribution in [-0.2, 0) is 9.53 Å². The summed E-state index contributed by atoms with van der Waals surface area (Å²) in [5, 5.41) is 2.61. The topological polar surface area (TPSA) is 64.3 Å². The first-order chi connectivity index (χ1) is 4.30. The Balaban J connectivity index is 0.000000810. The van der Waals surface area contributed by atoms with Crippen LogP contribution in [0.25, 0.3) is 0 Å². The molecule has 0 aliphatic carbocycles. The summed E-state index contributed by atoms with van der Waals surface area (Å²) in [6.45, 7) is 1.48. The SMILES string of the molecule is Cl.N[C@@H]1COCCNC1=O. The van der Waals surface area contributed by atoms with E-state index in [0.717, 1.165) is 0 Å². The summed E-state index contributed by atoms with van der Waals surface area (Å²) in [5.41, 5.74) is 5.34. The van der Waals surface area contributed by atoms with Crippen molar-refractivity contribution in [3.05, 3.63) is 0 Å². The first kappa shape index (κ1) is 9.68. The molecule has 0 saturated carbocycles. The molecule has 1 saturated heterocycles. The normalized spacial score (nSPS) is 26.1. The summed E-state index contributed by atoms with van der Waals surface area (Å²) in [7, 11) is 0. The minimum atomic E-state index is -0.479. The number of nitrogens with two attached hydrogens (primary N) is 1. The molecular formula is C5H11ClN2O2. The fourth-order valence-corrected chi connectivity index (χ4v) is 0.663. The van der Waals surface area contributed by atoms with E-state index in [1.807, 2.05) is 0 Å². The molecule has 1 aliphatic rings. The predicted molar refractivity (Wildman–Crippen MR) is 39.1 cm³/mol. The maximum atomic E-state index is 10.7. The van der Waals surface area contributed by atoms with E-state index < -0.39 is 6.04 Å². The van der Waals surface area contributed by atoms with E-state index in [1.54, 1.807) is 0 Å². The number of hydrogen-bond donors (Lipinski definition) is 2. The van der Waals surface area contributed by atoms with Crippen LogP contribution < -0.4 is 11.1 Å². The molecule has 3 N–H and O–H groups in total. The van der Waals surface area contributed by atoms with Gasteiger partial charge in [0, 0.05) is 6.54 Å². The first-order valence-corrected chi connectivity index (χ1v) is 2.92. The van der Waals surface area contributed by atoms with Crippen molar-refractivity contribution >= 4 is 18.3 Å². The lowest BCUT2D eigenvalue weighted by Gasteiger charge is -2.03. The van der Waals surface area contributed by atoms with Crippen LogP contribution in [0.3, 0.4) is 0 Å². The molecule has 0 radical (unpaired) electrons. The molecule has 0 spiro atoms. The summed E-state index contributed by atoms with van der Waals surface area (Å²) in [4.78, 5) is 10.7. The maximum Gasteiger partial charge on any atom is 0.239 e. The van der Waals surface area contributed by atoms with Crippen molar-refractivity contribution in [2.45, 2.75) is 6.04 Å².